The number of para-hydroxylation sites is 1. The van der Waals surface area contributed by atoms with Gasteiger partial charge >= 0.3 is 0 Å². The van der Waals surface area contributed by atoms with Crippen LogP contribution in [0.5, 0.6) is 11.5 Å². The molecule has 0 aromatic heterocycles. The Balaban J connectivity index is 1.60. The van der Waals surface area contributed by atoms with Gasteiger partial charge in [0.25, 0.3) is 5.91 Å². The van der Waals surface area contributed by atoms with Gasteiger partial charge in [-0.3, -0.25) is 9.59 Å². The molecule has 1 N–H and O–H groups in total. The first-order valence-electron chi connectivity index (χ1n) is 9.59. The largest absolute Gasteiger partial charge is 0.493 e. The second kappa shape index (κ2) is 7.54. The Morgan fingerprint density at radius 2 is 1.93 bits per heavy atom. The van der Waals surface area contributed by atoms with Crippen LogP contribution in [0.4, 0.5) is 11.4 Å². The first kappa shape index (κ1) is 18.3. The van der Waals surface area contributed by atoms with Crippen LogP contribution in [0.15, 0.2) is 36.4 Å². The van der Waals surface area contributed by atoms with Gasteiger partial charge in [-0.1, -0.05) is 12.1 Å². The van der Waals surface area contributed by atoms with Gasteiger partial charge in [0, 0.05) is 23.8 Å². The second-order valence-corrected chi connectivity index (χ2v) is 7.21. The Bertz CT molecular complexity index is 921. The third-order valence-corrected chi connectivity index (χ3v) is 5.30. The van der Waals surface area contributed by atoms with Gasteiger partial charge in [-0.05, 0) is 55.5 Å². The van der Waals surface area contributed by atoms with E-state index in [1.807, 2.05) is 23.1 Å². The number of carbonyl (C=O) groups excluding carboxylic acids is 2. The molecule has 0 bridgehead atoms. The maximum atomic E-state index is 12.8. The molecule has 6 heteroatoms. The number of methoxy groups -OCH3 is 2. The van der Waals surface area contributed by atoms with Crippen LogP contribution < -0.4 is 19.7 Å². The molecular weight excluding hydrogens is 356 g/mol. The molecule has 146 valence electrons. The summed E-state index contributed by atoms with van der Waals surface area (Å²) in [5, 5.41) is 2.93. The zero-order valence-electron chi connectivity index (χ0n) is 16.2. The average molecular weight is 380 g/mol. The van der Waals surface area contributed by atoms with E-state index in [1.54, 1.807) is 18.2 Å². The molecule has 0 unspecified atom stereocenters. The van der Waals surface area contributed by atoms with Gasteiger partial charge in [0.15, 0.2) is 11.5 Å². The fraction of sp³-hybridized carbons (Fsp3) is 0.364. The van der Waals surface area contributed by atoms with E-state index in [-0.39, 0.29) is 17.7 Å². The molecule has 1 saturated carbocycles. The third kappa shape index (κ3) is 3.42. The summed E-state index contributed by atoms with van der Waals surface area (Å²) in [6, 6.07) is 11.0. The smallest absolute Gasteiger partial charge is 0.259 e. The number of nitrogens with zero attached hydrogens (tertiary/aromatic N) is 1. The first-order valence-corrected chi connectivity index (χ1v) is 9.59. The minimum Gasteiger partial charge on any atom is -0.493 e. The molecule has 6 nitrogen and oxygen atoms in total. The molecule has 2 aromatic carbocycles. The van der Waals surface area contributed by atoms with Crippen molar-refractivity contribution in [2.24, 2.45) is 5.92 Å². The van der Waals surface area contributed by atoms with E-state index in [1.165, 1.54) is 14.2 Å². The minimum atomic E-state index is -0.286. The van der Waals surface area contributed by atoms with Crippen molar-refractivity contribution in [1.82, 2.24) is 0 Å². The van der Waals surface area contributed by atoms with Crippen LogP contribution in [0.2, 0.25) is 0 Å². The number of hydrogen-bond donors (Lipinski definition) is 1. The van der Waals surface area contributed by atoms with Gasteiger partial charge < -0.3 is 19.7 Å². The van der Waals surface area contributed by atoms with Crippen molar-refractivity contribution in [3.63, 3.8) is 0 Å². The van der Waals surface area contributed by atoms with Crippen LogP contribution in [0.25, 0.3) is 0 Å². The average Bonchev–Trinajstić information content (AvgIpc) is 3.57. The van der Waals surface area contributed by atoms with Crippen molar-refractivity contribution >= 4 is 23.2 Å². The van der Waals surface area contributed by atoms with Crippen LogP contribution in [0.3, 0.4) is 0 Å². The number of amides is 2. The maximum Gasteiger partial charge on any atom is 0.259 e. The lowest BCUT2D eigenvalue weighted by Crippen LogP contribution is -2.36. The van der Waals surface area contributed by atoms with Crippen molar-refractivity contribution in [2.45, 2.75) is 25.7 Å². The highest BCUT2D eigenvalue weighted by Crippen LogP contribution is 2.37. The maximum absolute atomic E-state index is 12.8. The number of ether oxygens (including phenoxy) is 2. The second-order valence-electron chi connectivity index (χ2n) is 7.21. The highest BCUT2D eigenvalue weighted by atomic mass is 16.5. The topological polar surface area (TPSA) is 67.9 Å². The van der Waals surface area contributed by atoms with Crippen molar-refractivity contribution in [2.75, 3.05) is 31.0 Å². The van der Waals surface area contributed by atoms with Crippen molar-refractivity contribution in [1.29, 1.82) is 0 Å². The van der Waals surface area contributed by atoms with E-state index in [0.717, 1.165) is 43.5 Å². The number of benzene rings is 2. The number of hydrogen-bond acceptors (Lipinski definition) is 4. The van der Waals surface area contributed by atoms with Gasteiger partial charge in [-0.15, -0.1) is 0 Å². The highest BCUT2D eigenvalue weighted by molar-refractivity contribution is 6.07. The molecule has 1 fully saturated rings. The lowest BCUT2D eigenvalue weighted by Gasteiger charge is -2.30. The Morgan fingerprint density at radius 3 is 2.64 bits per heavy atom. The highest BCUT2D eigenvalue weighted by Gasteiger charge is 2.35. The number of nitrogens with one attached hydrogen (secondary N) is 1. The third-order valence-electron chi connectivity index (χ3n) is 5.30. The van der Waals surface area contributed by atoms with Crippen LogP contribution in [0, 0.1) is 5.92 Å². The van der Waals surface area contributed by atoms with Crippen LogP contribution in [-0.4, -0.2) is 32.6 Å². The SMILES string of the molecule is COc1cccc(C(=O)Nc2ccc3c(c2)N(C(=O)C2CC2)CCC3)c1OC. The monoisotopic (exact) mass is 380 g/mol. The van der Waals surface area contributed by atoms with Crippen molar-refractivity contribution < 1.29 is 19.1 Å². The molecule has 2 aliphatic rings. The Hall–Kier alpha value is -3.02. The van der Waals surface area contributed by atoms with Gasteiger partial charge in [0.1, 0.15) is 0 Å². The molecule has 28 heavy (non-hydrogen) atoms. The summed E-state index contributed by atoms with van der Waals surface area (Å²) in [7, 11) is 3.05. The summed E-state index contributed by atoms with van der Waals surface area (Å²) >= 11 is 0. The molecular formula is C22H24N2O4. The quantitative estimate of drug-likeness (QED) is 0.860. The Kier molecular flexibility index (Phi) is 4.94. The van der Waals surface area contributed by atoms with Crippen LogP contribution in [0.1, 0.15) is 35.2 Å². The predicted molar refractivity (Wildman–Crippen MR) is 107 cm³/mol. The van der Waals surface area contributed by atoms with E-state index >= 15 is 0 Å². The normalized spacial score (nSPS) is 15.6. The number of carbonyl (C=O) groups is 2. The molecule has 0 radical (unpaired) electrons. The Morgan fingerprint density at radius 1 is 1.11 bits per heavy atom. The predicted octanol–water partition coefficient (Wildman–Crippen LogP) is 3.65. The van der Waals surface area contributed by atoms with E-state index in [9.17, 15) is 9.59 Å². The van der Waals surface area contributed by atoms with Gasteiger partial charge in [0.05, 0.1) is 19.8 Å². The van der Waals surface area contributed by atoms with Crippen LogP contribution in [-0.2, 0) is 11.2 Å². The molecule has 2 aromatic rings. The summed E-state index contributed by atoms with van der Waals surface area (Å²) < 4.78 is 10.6. The lowest BCUT2D eigenvalue weighted by molar-refractivity contribution is -0.119. The molecule has 1 heterocycles. The molecule has 4 rings (SSSR count). The summed E-state index contributed by atoms with van der Waals surface area (Å²) in [5.41, 5.74) is 3.12. The van der Waals surface area contributed by atoms with Gasteiger partial charge in [-0.25, -0.2) is 0 Å². The molecule has 0 spiro atoms. The van der Waals surface area contributed by atoms with E-state index in [2.05, 4.69) is 5.32 Å². The van der Waals surface area contributed by atoms with E-state index in [4.69, 9.17) is 9.47 Å². The fourth-order valence-electron chi connectivity index (χ4n) is 3.70. The Labute approximate surface area is 164 Å². The zero-order chi connectivity index (χ0) is 19.7. The molecule has 1 aliphatic carbocycles. The molecule has 0 saturated heterocycles. The number of aryl methyl sites for hydroxylation is 1. The summed E-state index contributed by atoms with van der Waals surface area (Å²) in [5.74, 6) is 0.989. The van der Waals surface area contributed by atoms with Crippen molar-refractivity contribution in [3.05, 3.63) is 47.5 Å². The summed E-state index contributed by atoms with van der Waals surface area (Å²) in [6.45, 7) is 0.740. The minimum absolute atomic E-state index is 0.172. The fourth-order valence-corrected chi connectivity index (χ4v) is 3.70. The van der Waals surface area contributed by atoms with E-state index < -0.39 is 0 Å². The van der Waals surface area contributed by atoms with Gasteiger partial charge in [-0.2, -0.15) is 0 Å². The van der Waals surface area contributed by atoms with Gasteiger partial charge in [0.2, 0.25) is 5.91 Å². The molecule has 1 aliphatic heterocycles. The number of rotatable bonds is 5. The summed E-state index contributed by atoms with van der Waals surface area (Å²) in [4.78, 5) is 27.4. The zero-order valence-corrected chi connectivity index (χ0v) is 16.2. The van der Waals surface area contributed by atoms with E-state index in [0.29, 0.717) is 22.7 Å². The number of anilines is 2. The summed E-state index contributed by atoms with van der Waals surface area (Å²) in [6.07, 6.45) is 3.88. The molecule has 2 amide bonds. The van der Waals surface area contributed by atoms with Crippen molar-refractivity contribution in [3.8, 4) is 11.5 Å². The molecule has 0 atom stereocenters. The first-order chi connectivity index (χ1) is 13.6. The standard InChI is InChI=1S/C22H24N2O4/c1-27-19-7-3-6-17(20(19)28-2)21(25)23-16-11-10-14-5-4-12-24(18(14)13-16)22(26)15-8-9-15/h3,6-7,10-11,13,15H,4-5,8-9,12H2,1-2H3,(H,23,25). The number of fused-ring (bicyclic) bond motifs is 1. The lowest BCUT2D eigenvalue weighted by atomic mass is 10.0. The van der Waals surface area contributed by atoms with Crippen LogP contribution >= 0.6 is 0 Å².